The first kappa shape index (κ1) is 8.87. The summed E-state index contributed by atoms with van der Waals surface area (Å²) in [5.74, 6) is 0.861. The highest BCUT2D eigenvalue weighted by Gasteiger charge is 2.05. The smallest absolute Gasteiger partial charge is 0.136 e. The first-order valence-corrected chi connectivity index (χ1v) is 5.04. The maximum Gasteiger partial charge on any atom is 0.136 e. The van der Waals surface area contributed by atoms with Crippen LogP contribution in [0.5, 0.6) is 5.75 Å². The van der Waals surface area contributed by atoms with Crippen LogP contribution in [0.25, 0.3) is 0 Å². The third kappa shape index (κ3) is 1.87. The van der Waals surface area contributed by atoms with E-state index >= 15 is 0 Å². The Kier molecular flexibility index (Phi) is 3.20. The normalized spacial score (nSPS) is 9.73. The minimum atomic E-state index is 0.837. The second-order valence-corrected chi connectivity index (χ2v) is 3.40. The summed E-state index contributed by atoms with van der Waals surface area (Å²) in [6.45, 7) is 0. The third-order valence-corrected chi connectivity index (χ3v) is 2.92. The van der Waals surface area contributed by atoms with Gasteiger partial charge in [0.1, 0.15) is 10.4 Å². The molecule has 0 saturated carbocycles. The highest BCUT2D eigenvalue weighted by Crippen LogP contribution is 2.32. The summed E-state index contributed by atoms with van der Waals surface area (Å²) in [5.41, 5.74) is 0. The Hall–Kier alpha value is -0.220. The van der Waals surface area contributed by atoms with Gasteiger partial charge in [-0.25, -0.2) is 4.98 Å². The zero-order chi connectivity index (χ0) is 8.27. The lowest BCUT2D eigenvalue weighted by Crippen LogP contribution is -1.88. The Morgan fingerprint density at radius 3 is 2.82 bits per heavy atom. The number of ether oxygens (including phenoxy) is 1. The van der Waals surface area contributed by atoms with E-state index in [-0.39, 0.29) is 0 Å². The average Bonchev–Trinajstić information content (AvgIpc) is 2.04. The van der Waals surface area contributed by atoms with E-state index in [9.17, 15) is 0 Å². The van der Waals surface area contributed by atoms with E-state index in [4.69, 9.17) is 4.74 Å². The van der Waals surface area contributed by atoms with E-state index < -0.39 is 0 Å². The van der Waals surface area contributed by atoms with Crippen molar-refractivity contribution in [3.05, 3.63) is 16.9 Å². The first-order valence-electron chi connectivity index (χ1n) is 3.02. The quantitative estimate of drug-likeness (QED) is 0.580. The standard InChI is InChI=1S/C7H8BrNOS/c1-10-5-3-4-9-7(8)6(5)11-2/h3-4H,1-2H3. The van der Waals surface area contributed by atoms with E-state index in [2.05, 4.69) is 20.9 Å². The minimum absolute atomic E-state index is 0.837. The second kappa shape index (κ2) is 3.97. The molecule has 1 aromatic rings. The van der Waals surface area contributed by atoms with Gasteiger partial charge in [-0.15, -0.1) is 11.8 Å². The summed E-state index contributed by atoms with van der Waals surface area (Å²) in [6.07, 6.45) is 3.70. The molecular weight excluding hydrogens is 226 g/mol. The van der Waals surface area contributed by atoms with Crippen molar-refractivity contribution in [3.8, 4) is 5.75 Å². The maximum absolute atomic E-state index is 5.13. The summed E-state index contributed by atoms with van der Waals surface area (Å²) in [5, 5.41) is 0. The molecule has 0 aliphatic carbocycles. The lowest BCUT2D eigenvalue weighted by molar-refractivity contribution is 0.403. The van der Waals surface area contributed by atoms with Gasteiger partial charge in [0.25, 0.3) is 0 Å². The van der Waals surface area contributed by atoms with Crippen LogP contribution in [-0.2, 0) is 0 Å². The van der Waals surface area contributed by atoms with E-state index in [1.165, 1.54) is 0 Å². The predicted molar refractivity (Wildman–Crippen MR) is 50.3 cm³/mol. The average molecular weight is 234 g/mol. The van der Waals surface area contributed by atoms with Gasteiger partial charge in [0, 0.05) is 6.20 Å². The highest BCUT2D eigenvalue weighted by molar-refractivity contribution is 9.10. The number of pyridine rings is 1. The van der Waals surface area contributed by atoms with Gasteiger partial charge in [-0.2, -0.15) is 0 Å². The molecule has 0 saturated heterocycles. The first-order chi connectivity index (χ1) is 5.29. The Bertz CT molecular complexity index is 254. The molecule has 0 spiro atoms. The van der Waals surface area contributed by atoms with Gasteiger partial charge in [-0.3, -0.25) is 0 Å². The summed E-state index contributed by atoms with van der Waals surface area (Å²) in [7, 11) is 1.65. The summed E-state index contributed by atoms with van der Waals surface area (Å²) in [6, 6.07) is 1.84. The van der Waals surface area contributed by atoms with Crippen molar-refractivity contribution < 1.29 is 4.74 Å². The SMILES string of the molecule is COc1ccnc(Br)c1SC. The summed E-state index contributed by atoms with van der Waals surface area (Å²) in [4.78, 5) is 5.11. The maximum atomic E-state index is 5.13. The van der Waals surface area contributed by atoms with Crippen LogP contribution < -0.4 is 4.74 Å². The van der Waals surface area contributed by atoms with Gasteiger partial charge in [-0.1, -0.05) is 0 Å². The fraction of sp³-hybridized carbons (Fsp3) is 0.286. The molecule has 0 unspecified atom stereocenters. The fourth-order valence-corrected chi connectivity index (χ4v) is 2.12. The van der Waals surface area contributed by atoms with Gasteiger partial charge >= 0.3 is 0 Å². The number of thioether (sulfide) groups is 1. The number of rotatable bonds is 2. The molecule has 0 aliphatic heterocycles. The molecule has 0 amide bonds. The van der Waals surface area contributed by atoms with Crippen LogP contribution in [-0.4, -0.2) is 18.3 Å². The lowest BCUT2D eigenvalue weighted by Gasteiger charge is -2.05. The molecule has 0 aromatic carbocycles. The fourth-order valence-electron chi connectivity index (χ4n) is 0.752. The highest BCUT2D eigenvalue weighted by atomic mass is 79.9. The number of nitrogens with zero attached hydrogens (tertiary/aromatic N) is 1. The predicted octanol–water partition coefficient (Wildman–Crippen LogP) is 2.57. The van der Waals surface area contributed by atoms with Crippen LogP contribution in [0.4, 0.5) is 0 Å². The number of hydrogen-bond acceptors (Lipinski definition) is 3. The van der Waals surface area contributed by atoms with Crippen molar-refractivity contribution >= 4 is 27.7 Å². The Morgan fingerprint density at radius 1 is 1.64 bits per heavy atom. The van der Waals surface area contributed by atoms with Crippen LogP contribution in [0.1, 0.15) is 0 Å². The van der Waals surface area contributed by atoms with Crippen LogP contribution in [0, 0.1) is 0 Å². The zero-order valence-corrected chi connectivity index (χ0v) is 8.70. The number of methoxy groups -OCH3 is 1. The molecule has 1 aromatic heterocycles. The zero-order valence-electron chi connectivity index (χ0n) is 6.30. The monoisotopic (exact) mass is 233 g/mol. The molecule has 0 bridgehead atoms. The Morgan fingerprint density at radius 2 is 2.36 bits per heavy atom. The van der Waals surface area contributed by atoms with Crippen LogP contribution in [0.15, 0.2) is 21.8 Å². The lowest BCUT2D eigenvalue weighted by atomic mass is 10.4. The van der Waals surface area contributed by atoms with E-state index in [0.717, 1.165) is 15.2 Å². The second-order valence-electron chi connectivity index (χ2n) is 1.84. The molecule has 60 valence electrons. The van der Waals surface area contributed by atoms with Gasteiger partial charge in [0.2, 0.25) is 0 Å². The molecule has 2 nitrogen and oxygen atoms in total. The molecule has 11 heavy (non-hydrogen) atoms. The molecule has 0 fully saturated rings. The van der Waals surface area contributed by atoms with E-state index in [1.807, 2.05) is 12.3 Å². The number of halogens is 1. The van der Waals surface area contributed by atoms with E-state index in [0.29, 0.717) is 0 Å². The van der Waals surface area contributed by atoms with Crippen LogP contribution >= 0.6 is 27.7 Å². The largest absolute Gasteiger partial charge is 0.495 e. The molecule has 0 aliphatic rings. The molecule has 1 rings (SSSR count). The Balaban J connectivity index is 3.13. The van der Waals surface area contributed by atoms with Crippen molar-refractivity contribution in [1.29, 1.82) is 0 Å². The molecular formula is C7H8BrNOS. The van der Waals surface area contributed by atoms with Crippen molar-refractivity contribution in [2.24, 2.45) is 0 Å². The number of hydrogen-bond donors (Lipinski definition) is 0. The topological polar surface area (TPSA) is 22.1 Å². The molecule has 0 atom stereocenters. The summed E-state index contributed by atoms with van der Waals surface area (Å²) >= 11 is 4.95. The molecule has 4 heteroatoms. The third-order valence-electron chi connectivity index (χ3n) is 1.25. The van der Waals surface area contributed by atoms with E-state index in [1.54, 1.807) is 25.1 Å². The molecule has 1 heterocycles. The van der Waals surface area contributed by atoms with Crippen LogP contribution in [0.3, 0.4) is 0 Å². The Labute approximate surface area is 78.5 Å². The van der Waals surface area contributed by atoms with Crippen molar-refractivity contribution in [2.45, 2.75) is 4.90 Å². The van der Waals surface area contributed by atoms with Crippen molar-refractivity contribution in [2.75, 3.05) is 13.4 Å². The van der Waals surface area contributed by atoms with Gasteiger partial charge < -0.3 is 4.74 Å². The molecule has 0 N–H and O–H groups in total. The van der Waals surface area contributed by atoms with Crippen molar-refractivity contribution in [3.63, 3.8) is 0 Å². The minimum Gasteiger partial charge on any atom is -0.495 e. The van der Waals surface area contributed by atoms with Gasteiger partial charge in [0.15, 0.2) is 0 Å². The summed E-state index contributed by atoms with van der Waals surface area (Å²) < 4.78 is 5.96. The number of aromatic nitrogens is 1. The van der Waals surface area contributed by atoms with Gasteiger partial charge in [-0.05, 0) is 28.3 Å². The molecule has 0 radical (unpaired) electrons. The van der Waals surface area contributed by atoms with Crippen molar-refractivity contribution in [1.82, 2.24) is 4.98 Å². The van der Waals surface area contributed by atoms with Crippen LogP contribution in [0.2, 0.25) is 0 Å². The van der Waals surface area contributed by atoms with Gasteiger partial charge in [0.05, 0.1) is 12.0 Å².